The van der Waals surface area contributed by atoms with E-state index in [1.54, 1.807) is 0 Å². The second kappa shape index (κ2) is 10.0. The van der Waals surface area contributed by atoms with Crippen LogP contribution < -0.4 is 16.4 Å². The fourth-order valence-corrected chi connectivity index (χ4v) is 3.64. The maximum Gasteiger partial charge on any atom is 0.271 e. The van der Waals surface area contributed by atoms with E-state index in [0.29, 0.717) is 5.82 Å². The molecule has 2 amide bonds. The van der Waals surface area contributed by atoms with Crippen LogP contribution in [-0.4, -0.2) is 32.0 Å². The fraction of sp³-hybridized carbons (Fsp3) is 0.0455. The van der Waals surface area contributed by atoms with Gasteiger partial charge in [-0.15, -0.1) is 0 Å². The number of halogens is 4. The minimum absolute atomic E-state index is 0.00876. The lowest BCUT2D eigenvalue weighted by atomic mass is 10.0. The molecule has 2 heterocycles. The largest absolute Gasteiger partial charge is 0.398 e. The molecular formula is C22H15Cl2F2N7O2. The number of H-pyrrole nitrogens is 1. The predicted molar refractivity (Wildman–Crippen MR) is 126 cm³/mol. The summed E-state index contributed by atoms with van der Waals surface area (Å²) < 4.78 is 28.1. The number of pyridine rings is 1. The van der Waals surface area contributed by atoms with E-state index in [4.69, 9.17) is 28.9 Å². The second-order valence-electron chi connectivity index (χ2n) is 7.17. The van der Waals surface area contributed by atoms with E-state index >= 15 is 0 Å². The van der Waals surface area contributed by atoms with Gasteiger partial charge in [0.2, 0.25) is 0 Å². The molecule has 9 nitrogen and oxygen atoms in total. The van der Waals surface area contributed by atoms with E-state index in [1.807, 2.05) is 0 Å². The van der Waals surface area contributed by atoms with E-state index in [-0.39, 0.29) is 50.3 Å². The van der Waals surface area contributed by atoms with Crippen molar-refractivity contribution in [3.63, 3.8) is 0 Å². The van der Waals surface area contributed by atoms with Crippen LogP contribution >= 0.6 is 23.2 Å². The number of anilines is 2. The second-order valence-corrected chi connectivity index (χ2v) is 7.98. The van der Waals surface area contributed by atoms with Gasteiger partial charge in [0.15, 0.2) is 0 Å². The molecule has 0 radical (unpaired) electrons. The van der Waals surface area contributed by atoms with Gasteiger partial charge in [-0.3, -0.25) is 14.7 Å². The molecule has 0 spiro atoms. The third kappa shape index (κ3) is 5.36. The van der Waals surface area contributed by atoms with Crippen molar-refractivity contribution >= 4 is 46.4 Å². The molecule has 5 N–H and O–H groups in total. The molecule has 0 unspecified atom stereocenters. The number of amides is 2. The average Bonchev–Trinajstić information content (AvgIpc) is 3.33. The molecule has 0 fully saturated rings. The van der Waals surface area contributed by atoms with Crippen LogP contribution in [0.25, 0.3) is 11.1 Å². The molecule has 35 heavy (non-hydrogen) atoms. The zero-order chi connectivity index (χ0) is 25.1. The van der Waals surface area contributed by atoms with E-state index in [1.165, 1.54) is 30.7 Å². The molecule has 13 heteroatoms. The highest BCUT2D eigenvalue weighted by Gasteiger charge is 2.19. The number of hydrogen-bond donors (Lipinski definition) is 4. The van der Waals surface area contributed by atoms with Gasteiger partial charge in [0.05, 0.1) is 34.0 Å². The Hall–Kier alpha value is -4.09. The monoisotopic (exact) mass is 517 g/mol. The van der Waals surface area contributed by atoms with Crippen molar-refractivity contribution in [2.24, 2.45) is 0 Å². The van der Waals surface area contributed by atoms with Crippen LogP contribution in [-0.2, 0) is 6.54 Å². The van der Waals surface area contributed by atoms with Gasteiger partial charge < -0.3 is 16.4 Å². The Bertz CT molecular complexity index is 1430. The number of nitrogen functional groups attached to an aromatic ring is 1. The number of benzene rings is 2. The van der Waals surface area contributed by atoms with Gasteiger partial charge in [0.25, 0.3) is 11.8 Å². The Morgan fingerprint density at radius 1 is 1.00 bits per heavy atom. The molecule has 2 aromatic carbocycles. The van der Waals surface area contributed by atoms with Gasteiger partial charge in [-0.2, -0.15) is 5.10 Å². The Kier molecular flexibility index (Phi) is 6.90. The predicted octanol–water partition coefficient (Wildman–Crippen LogP) is 4.22. The van der Waals surface area contributed by atoms with Crippen LogP contribution in [0.15, 0.2) is 48.9 Å². The van der Waals surface area contributed by atoms with Crippen LogP contribution in [0, 0.1) is 11.6 Å². The molecule has 4 rings (SSSR count). The van der Waals surface area contributed by atoms with Gasteiger partial charge >= 0.3 is 0 Å². The zero-order valence-corrected chi connectivity index (χ0v) is 19.1. The Morgan fingerprint density at radius 2 is 1.80 bits per heavy atom. The molecular weight excluding hydrogens is 503 g/mol. The number of hydrogen-bond acceptors (Lipinski definition) is 6. The lowest BCUT2D eigenvalue weighted by Gasteiger charge is -2.12. The summed E-state index contributed by atoms with van der Waals surface area (Å²) in [4.78, 5) is 32.9. The van der Waals surface area contributed by atoms with Gasteiger partial charge in [-0.05, 0) is 36.4 Å². The van der Waals surface area contributed by atoms with E-state index < -0.39 is 23.4 Å². The van der Waals surface area contributed by atoms with Crippen LogP contribution in [0.3, 0.4) is 0 Å². The highest BCUT2D eigenvalue weighted by atomic mass is 35.5. The number of rotatable bonds is 6. The van der Waals surface area contributed by atoms with Crippen molar-refractivity contribution in [2.45, 2.75) is 6.54 Å². The third-order valence-corrected chi connectivity index (χ3v) is 5.40. The van der Waals surface area contributed by atoms with E-state index in [0.717, 1.165) is 18.2 Å². The molecule has 0 aliphatic heterocycles. The summed E-state index contributed by atoms with van der Waals surface area (Å²) in [7, 11) is 0. The lowest BCUT2D eigenvalue weighted by Crippen LogP contribution is -2.25. The summed E-state index contributed by atoms with van der Waals surface area (Å²) in [6.45, 7) is 0.0823. The number of aromatic amines is 1. The summed E-state index contributed by atoms with van der Waals surface area (Å²) in [6.07, 6.45) is 2.51. The molecule has 0 saturated heterocycles. The van der Waals surface area contributed by atoms with Crippen LogP contribution in [0.1, 0.15) is 26.7 Å². The first-order valence-corrected chi connectivity index (χ1v) is 10.6. The number of nitrogens with one attached hydrogen (secondary N) is 3. The van der Waals surface area contributed by atoms with Crippen LogP contribution in [0.5, 0.6) is 0 Å². The van der Waals surface area contributed by atoms with Gasteiger partial charge in [-0.1, -0.05) is 23.2 Å². The first-order valence-electron chi connectivity index (χ1n) is 9.86. The molecule has 0 saturated carbocycles. The number of carbonyl (C=O) groups excluding carboxylic acids is 2. The van der Waals surface area contributed by atoms with Gasteiger partial charge in [0, 0.05) is 16.8 Å². The Balaban J connectivity index is 1.50. The summed E-state index contributed by atoms with van der Waals surface area (Å²) in [6, 6.07) is 6.98. The van der Waals surface area contributed by atoms with E-state index in [9.17, 15) is 18.4 Å². The molecule has 0 bridgehead atoms. The SMILES string of the molecule is Nc1cc(F)ccc1-c1cc(Cl)c(C(=O)Nc2cnc(C(=O)NCc3ncn[nH]3)c(Cl)c2)cc1F. The standard InChI is InChI=1S/C22H15Cl2F2N7O2/c23-15-5-13(12-2-1-10(25)3-18(12)27)17(26)6-14(15)21(34)32-11-4-16(24)20(28-7-11)22(35)29-8-19-30-9-31-33-19/h1-7,9H,8,27H2,(H,29,35)(H,32,34)(H,30,31,33). The maximum absolute atomic E-state index is 14.8. The highest BCUT2D eigenvalue weighted by molar-refractivity contribution is 6.35. The molecule has 0 atom stereocenters. The van der Waals surface area contributed by atoms with Crippen molar-refractivity contribution in [1.82, 2.24) is 25.5 Å². The molecule has 0 aliphatic carbocycles. The first-order chi connectivity index (χ1) is 16.7. The van der Waals surface area contributed by atoms with Crippen molar-refractivity contribution < 1.29 is 18.4 Å². The van der Waals surface area contributed by atoms with Gasteiger partial charge in [-0.25, -0.2) is 18.7 Å². The first kappa shape index (κ1) is 24.0. The van der Waals surface area contributed by atoms with Crippen LogP contribution in [0.2, 0.25) is 10.0 Å². The summed E-state index contributed by atoms with van der Waals surface area (Å²) in [5.41, 5.74) is 5.94. The smallest absolute Gasteiger partial charge is 0.271 e. The minimum Gasteiger partial charge on any atom is -0.398 e. The third-order valence-electron chi connectivity index (χ3n) is 4.80. The van der Waals surface area contributed by atoms with Gasteiger partial charge in [0.1, 0.15) is 29.5 Å². The van der Waals surface area contributed by atoms with Crippen molar-refractivity contribution in [2.75, 3.05) is 11.1 Å². The van der Waals surface area contributed by atoms with Crippen LogP contribution in [0.4, 0.5) is 20.2 Å². The summed E-state index contributed by atoms with van der Waals surface area (Å²) in [5, 5.41) is 11.2. The van der Waals surface area contributed by atoms with Crippen molar-refractivity contribution in [3.8, 4) is 11.1 Å². The fourth-order valence-electron chi connectivity index (χ4n) is 3.14. The lowest BCUT2D eigenvalue weighted by molar-refractivity contribution is 0.0944. The highest BCUT2D eigenvalue weighted by Crippen LogP contribution is 2.33. The molecule has 4 aromatic rings. The number of nitrogens with two attached hydrogens (primary N) is 1. The summed E-state index contributed by atoms with van der Waals surface area (Å²) in [5.74, 6) is -2.22. The molecule has 2 aromatic heterocycles. The van der Waals surface area contributed by atoms with Crippen molar-refractivity contribution in [1.29, 1.82) is 0 Å². The zero-order valence-electron chi connectivity index (χ0n) is 17.6. The Labute approximate surface area is 206 Å². The number of aromatic nitrogens is 4. The van der Waals surface area contributed by atoms with Crippen molar-refractivity contribution in [3.05, 3.63) is 87.7 Å². The molecule has 178 valence electrons. The normalized spacial score (nSPS) is 10.7. The summed E-state index contributed by atoms with van der Waals surface area (Å²) >= 11 is 12.4. The number of nitrogens with zero attached hydrogens (tertiary/aromatic N) is 3. The average molecular weight is 518 g/mol. The quantitative estimate of drug-likeness (QED) is 0.282. The topological polar surface area (TPSA) is 139 Å². The Morgan fingerprint density at radius 3 is 2.49 bits per heavy atom. The minimum atomic E-state index is -0.784. The number of carbonyl (C=O) groups is 2. The van der Waals surface area contributed by atoms with E-state index in [2.05, 4.69) is 30.8 Å². The molecule has 0 aliphatic rings. The maximum atomic E-state index is 14.8.